The van der Waals surface area contributed by atoms with Gasteiger partial charge in [-0.3, -0.25) is 4.90 Å². The first-order valence-electron chi connectivity index (χ1n) is 6.18. The average Bonchev–Trinajstić information content (AvgIpc) is 2.83. The second kappa shape index (κ2) is 5.74. The van der Waals surface area contributed by atoms with Crippen molar-refractivity contribution in [2.24, 2.45) is 0 Å². The van der Waals surface area contributed by atoms with Crippen molar-refractivity contribution in [1.29, 1.82) is 0 Å². The molecule has 0 aromatic carbocycles. The number of rotatable bonds is 1. The molecular weight excluding hydrogens is 472 g/mol. The second-order valence-electron chi connectivity index (χ2n) is 5.56. The molecule has 0 saturated carbocycles. The van der Waals surface area contributed by atoms with Gasteiger partial charge in [-0.2, -0.15) is 0 Å². The molecule has 1 saturated heterocycles. The fourth-order valence-corrected chi connectivity index (χ4v) is 2.89. The van der Waals surface area contributed by atoms with Gasteiger partial charge >= 0.3 is 6.09 Å². The summed E-state index contributed by atoms with van der Waals surface area (Å²) < 4.78 is 7.42. The number of nitrogens with zero attached hydrogens (tertiary/aromatic N) is 2. The van der Waals surface area contributed by atoms with Gasteiger partial charge < -0.3 is 9.72 Å². The number of ether oxygens (including phenoxy) is 1. The highest BCUT2D eigenvalue weighted by Gasteiger charge is 2.35. The number of carbonyl (C=O) groups excluding carboxylic acids is 1. The van der Waals surface area contributed by atoms with Crippen LogP contribution in [-0.2, 0) is 4.74 Å². The Morgan fingerprint density at radius 1 is 1.47 bits per heavy atom. The van der Waals surface area contributed by atoms with Gasteiger partial charge in [0.15, 0.2) is 0 Å². The third-order valence-electron chi connectivity index (χ3n) is 2.83. The van der Waals surface area contributed by atoms with Gasteiger partial charge in [0.25, 0.3) is 0 Å². The van der Waals surface area contributed by atoms with Gasteiger partial charge in [0.05, 0.1) is 6.04 Å². The van der Waals surface area contributed by atoms with E-state index >= 15 is 0 Å². The van der Waals surface area contributed by atoms with Gasteiger partial charge in [-0.1, -0.05) is 0 Å². The second-order valence-corrected chi connectivity index (χ2v) is 7.66. The number of aromatic amines is 1. The van der Waals surface area contributed by atoms with Crippen LogP contribution in [0.3, 0.4) is 0 Å². The van der Waals surface area contributed by atoms with Crippen LogP contribution in [0.4, 0.5) is 4.79 Å². The molecule has 1 atom stereocenters. The molecule has 1 fully saturated rings. The predicted octanol–water partition coefficient (Wildman–Crippen LogP) is 3.69. The fraction of sp³-hybridized carbons (Fsp3) is 0.667. The van der Waals surface area contributed by atoms with Crippen molar-refractivity contribution in [3.05, 3.63) is 13.2 Å². The van der Waals surface area contributed by atoms with Crippen molar-refractivity contribution in [3.63, 3.8) is 0 Å². The number of imidazole rings is 1. The Hall–Kier alpha value is -0.0600. The van der Waals surface area contributed by atoms with E-state index in [-0.39, 0.29) is 12.1 Å². The summed E-state index contributed by atoms with van der Waals surface area (Å²) in [6.45, 7) is 6.38. The van der Waals surface area contributed by atoms with Crippen molar-refractivity contribution in [1.82, 2.24) is 14.9 Å². The first-order chi connectivity index (χ1) is 8.78. The first kappa shape index (κ1) is 15.3. The molecule has 5 nitrogen and oxygen atoms in total. The highest BCUT2D eigenvalue weighted by molar-refractivity contribution is 14.1. The molecule has 7 heteroatoms. The molecular formula is C12H17I2N3O2. The Morgan fingerprint density at radius 3 is 2.68 bits per heavy atom. The number of nitrogens with one attached hydrogen (secondary N) is 1. The smallest absolute Gasteiger partial charge is 0.410 e. The SMILES string of the molecule is CC(C)(C)OC(=O)N1CCC[C@H]1c1nc(I)c(I)[nH]1. The average molecular weight is 489 g/mol. The van der Waals surface area contributed by atoms with E-state index in [2.05, 4.69) is 55.1 Å². The summed E-state index contributed by atoms with van der Waals surface area (Å²) in [7, 11) is 0. The number of amides is 1. The molecule has 1 N–H and O–H groups in total. The molecule has 0 aliphatic carbocycles. The van der Waals surface area contributed by atoms with Gasteiger partial charge in [0.2, 0.25) is 0 Å². The van der Waals surface area contributed by atoms with E-state index in [1.54, 1.807) is 4.90 Å². The summed E-state index contributed by atoms with van der Waals surface area (Å²) in [5.74, 6) is 0.858. The van der Waals surface area contributed by atoms with Gasteiger partial charge in [-0.05, 0) is 78.8 Å². The molecule has 2 heterocycles. The summed E-state index contributed by atoms with van der Waals surface area (Å²) in [6.07, 6.45) is 1.66. The molecule has 1 amide bonds. The fourth-order valence-electron chi connectivity index (χ4n) is 2.09. The molecule has 1 aliphatic rings. The highest BCUT2D eigenvalue weighted by Crippen LogP contribution is 2.32. The minimum atomic E-state index is -0.462. The number of halogens is 2. The van der Waals surface area contributed by atoms with Crippen LogP contribution in [0.15, 0.2) is 0 Å². The van der Waals surface area contributed by atoms with Crippen molar-refractivity contribution in [2.45, 2.75) is 45.3 Å². The molecule has 1 aromatic heterocycles. The predicted molar refractivity (Wildman–Crippen MR) is 88.9 cm³/mol. The molecule has 2 rings (SSSR count). The van der Waals surface area contributed by atoms with Crippen LogP contribution in [0.25, 0.3) is 0 Å². The van der Waals surface area contributed by atoms with E-state index in [0.717, 1.165) is 32.6 Å². The Bertz CT molecular complexity index is 462. The largest absolute Gasteiger partial charge is 0.444 e. The van der Waals surface area contributed by atoms with Crippen LogP contribution in [0, 0.1) is 7.40 Å². The summed E-state index contributed by atoms with van der Waals surface area (Å²) in [4.78, 5) is 21.7. The molecule has 1 aromatic rings. The van der Waals surface area contributed by atoms with Gasteiger partial charge in [-0.25, -0.2) is 9.78 Å². The van der Waals surface area contributed by atoms with E-state index in [0.29, 0.717) is 0 Å². The number of hydrogen-bond donors (Lipinski definition) is 1. The van der Waals surface area contributed by atoms with E-state index in [4.69, 9.17) is 4.74 Å². The van der Waals surface area contributed by atoms with E-state index in [9.17, 15) is 4.79 Å². The normalized spacial score (nSPS) is 19.8. The quantitative estimate of drug-likeness (QED) is 0.613. The van der Waals surface area contributed by atoms with Gasteiger partial charge in [0, 0.05) is 6.54 Å². The minimum Gasteiger partial charge on any atom is -0.444 e. The van der Waals surface area contributed by atoms with E-state index < -0.39 is 5.60 Å². The third-order valence-corrected chi connectivity index (χ3v) is 5.43. The topological polar surface area (TPSA) is 58.2 Å². The maximum Gasteiger partial charge on any atom is 0.410 e. The lowest BCUT2D eigenvalue weighted by atomic mass is 10.2. The Labute approximate surface area is 140 Å². The maximum atomic E-state index is 12.2. The van der Waals surface area contributed by atoms with Gasteiger partial charge in [-0.15, -0.1) is 0 Å². The van der Waals surface area contributed by atoms with Crippen LogP contribution < -0.4 is 0 Å². The third kappa shape index (κ3) is 3.73. The molecule has 0 spiro atoms. The standard InChI is InChI=1S/C12H17I2N3O2/c1-12(2,3)19-11(18)17-6-4-5-7(17)10-15-8(13)9(14)16-10/h7H,4-6H2,1-3H3,(H,15,16)/t7-/m0/s1. The maximum absolute atomic E-state index is 12.2. The number of carbonyl (C=O) groups is 1. The Kier molecular flexibility index (Phi) is 4.63. The molecule has 1 aliphatic heterocycles. The zero-order chi connectivity index (χ0) is 14.2. The minimum absolute atomic E-state index is 0.00637. The van der Waals surface area contributed by atoms with Crippen LogP contribution >= 0.6 is 45.2 Å². The first-order valence-corrected chi connectivity index (χ1v) is 8.34. The Morgan fingerprint density at radius 2 is 2.16 bits per heavy atom. The monoisotopic (exact) mass is 489 g/mol. The number of H-pyrrole nitrogens is 1. The van der Waals surface area contributed by atoms with Crippen LogP contribution in [0.2, 0.25) is 0 Å². The Balaban J connectivity index is 2.15. The summed E-state index contributed by atoms with van der Waals surface area (Å²) in [5, 5.41) is 0. The zero-order valence-electron chi connectivity index (χ0n) is 11.2. The molecule has 0 bridgehead atoms. The van der Waals surface area contributed by atoms with Crippen LogP contribution in [0.5, 0.6) is 0 Å². The van der Waals surface area contributed by atoms with Crippen molar-refractivity contribution in [2.75, 3.05) is 6.54 Å². The van der Waals surface area contributed by atoms with Crippen LogP contribution in [0.1, 0.15) is 45.5 Å². The molecule has 0 unspecified atom stereocenters. The van der Waals surface area contributed by atoms with Crippen molar-refractivity contribution in [3.8, 4) is 0 Å². The molecule has 19 heavy (non-hydrogen) atoms. The number of likely N-dealkylation sites (tertiary alicyclic amines) is 1. The van der Waals surface area contributed by atoms with Crippen molar-refractivity contribution >= 4 is 51.3 Å². The van der Waals surface area contributed by atoms with Gasteiger partial charge in [0.1, 0.15) is 18.8 Å². The van der Waals surface area contributed by atoms with E-state index in [1.807, 2.05) is 20.8 Å². The van der Waals surface area contributed by atoms with E-state index in [1.165, 1.54) is 0 Å². The lowest BCUT2D eigenvalue weighted by Gasteiger charge is -2.27. The van der Waals surface area contributed by atoms with Crippen LogP contribution in [-0.4, -0.2) is 33.1 Å². The number of aromatic nitrogens is 2. The molecule has 106 valence electrons. The lowest BCUT2D eigenvalue weighted by Crippen LogP contribution is -2.36. The highest BCUT2D eigenvalue weighted by atomic mass is 127. The zero-order valence-corrected chi connectivity index (χ0v) is 15.5. The summed E-state index contributed by atoms with van der Waals surface area (Å²) in [5.41, 5.74) is -0.462. The summed E-state index contributed by atoms with van der Waals surface area (Å²) in [6, 6.07) is 0.00637. The molecule has 0 radical (unpaired) electrons. The summed E-state index contributed by atoms with van der Waals surface area (Å²) >= 11 is 4.41. The number of hydrogen-bond acceptors (Lipinski definition) is 3. The lowest BCUT2D eigenvalue weighted by molar-refractivity contribution is 0.0218. The van der Waals surface area contributed by atoms with Crippen molar-refractivity contribution < 1.29 is 9.53 Å².